The molecule has 0 saturated carbocycles. The van der Waals surface area contributed by atoms with Gasteiger partial charge in [-0.2, -0.15) is 5.10 Å². The summed E-state index contributed by atoms with van der Waals surface area (Å²) in [5.41, 5.74) is 2.42. The fourth-order valence-electron chi connectivity index (χ4n) is 2.32. The number of rotatable bonds is 4. The van der Waals surface area contributed by atoms with Crippen LogP contribution < -0.4 is 0 Å². The Kier molecular flexibility index (Phi) is 4.14. The van der Waals surface area contributed by atoms with Crippen molar-refractivity contribution in [3.8, 4) is 5.69 Å². The molecule has 0 aliphatic carbocycles. The van der Waals surface area contributed by atoms with Crippen LogP contribution in [-0.4, -0.2) is 37.6 Å². The Labute approximate surface area is 134 Å². The molecular formula is C17H17N5O. The Balaban J connectivity index is 1.77. The molecule has 6 heteroatoms. The van der Waals surface area contributed by atoms with Crippen molar-refractivity contribution in [2.75, 3.05) is 7.05 Å². The number of carbonyl (C=O) groups excluding carboxylic acids is 1. The van der Waals surface area contributed by atoms with Gasteiger partial charge in [0.1, 0.15) is 18.3 Å². The molecule has 2 aromatic heterocycles. The Morgan fingerprint density at radius 2 is 1.96 bits per heavy atom. The van der Waals surface area contributed by atoms with E-state index in [0.717, 1.165) is 11.3 Å². The lowest BCUT2D eigenvalue weighted by molar-refractivity contribution is 0.0736. The zero-order chi connectivity index (χ0) is 16.2. The number of pyridine rings is 1. The minimum Gasteiger partial charge on any atom is -0.334 e. The molecule has 2 heterocycles. The summed E-state index contributed by atoms with van der Waals surface area (Å²) in [6, 6.07) is 13.2. The molecule has 0 aliphatic rings. The molecule has 6 nitrogen and oxygen atoms in total. The summed E-state index contributed by atoms with van der Waals surface area (Å²) in [7, 11) is 1.78. The lowest BCUT2D eigenvalue weighted by Crippen LogP contribution is -2.30. The monoisotopic (exact) mass is 307 g/mol. The molecule has 0 N–H and O–H groups in total. The summed E-state index contributed by atoms with van der Waals surface area (Å²) >= 11 is 0. The summed E-state index contributed by atoms with van der Waals surface area (Å²) in [4.78, 5) is 22.2. The van der Waals surface area contributed by atoms with Crippen molar-refractivity contribution in [1.29, 1.82) is 0 Å². The van der Waals surface area contributed by atoms with E-state index in [9.17, 15) is 4.79 Å². The van der Waals surface area contributed by atoms with Crippen LogP contribution in [0.1, 0.15) is 29.0 Å². The summed E-state index contributed by atoms with van der Waals surface area (Å²) in [5.74, 6) is -0.0987. The molecule has 1 aromatic carbocycles. The van der Waals surface area contributed by atoms with E-state index in [1.807, 2.05) is 37.3 Å². The van der Waals surface area contributed by atoms with Crippen LogP contribution in [0.4, 0.5) is 0 Å². The summed E-state index contributed by atoms with van der Waals surface area (Å²) in [6.45, 7) is 1.99. The number of hydrogen-bond donors (Lipinski definition) is 0. The van der Waals surface area contributed by atoms with Gasteiger partial charge in [-0.05, 0) is 36.8 Å². The van der Waals surface area contributed by atoms with Crippen molar-refractivity contribution in [2.24, 2.45) is 0 Å². The van der Waals surface area contributed by atoms with Crippen LogP contribution in [0, 0.1) is 0 Å². The van der Waals surface area contributed by atoms with Crippen molar-refractivity contribution >= 4 is 5.91 Å². The molecular weight excluding hydrogens is 290 g/mol. The standard InChI is InChI=1S/C17H17N5O/c1-13(21(2)17(23)16-5-3-4-10-19-16)14-6-8-15(9-7-14)22-12-18-11-20-22/h3-13H,1-2H3. The van der Waals surface area contributed by atoms with Crippen LogP contribution in [0.5, 0.6) is 0 Å². The van der Waals surface area contributed by atoms with Gasteiger partial charge < -0.3 is 4.90 Å². The van der Waals surface area contributed by atoms with E-state index >= 15 is 0 Å². The number of benzene rings is 1. The number of nitrogens with zero attached hydrogens (tertiary/aromatic N) is 5. The highest BCUT2D eigenvalue weighted by atomic mass is 16.2. The molecule has 0 saturated heterocycles. The SMILES string of the molecule is CC(c1ccc(-n2cncn2)cc1)N(C)C(=O)c1ccccn1. The largest absolute Gasteiger partial charge is 0.334 e. The quantitative estimate of drug-likeness (QED) is 0.743. The Morgan fingerprint density at radius 3 is 2.57 bits per heavy atom. The Bertz CT molecular complexity index is 769. The molecule has 3 rings (SSSR count). The van der Waals surface area contributed by atoms with Crippen molar-refractivity contribution in [3.05, 3.63) is 72.6 Å². The number of amides is 1. The maximum Gasteiger partial charge on any atom is 0.272 e. The molecule has 0 fully saturated rings. The van der Waals surface area contributed by atoms with Crippen molar-refractivity contribution in [1.82, 2.24) is 24.6 Å². The second-order valence-electron chi connectivity index (χ2n) is 5.24. The lowest BCUT2D eigenvalue weighted by atomic mass is 10.1. The molecule has 0 aliphatic heterocycles. The first kappa shape index (κ1) is 14.9. The maximum absolute atomic E-state index is 12.5. The van der Waals surface area contributed by atoms with Crippen molar-refractivity contribution in [2.45, 2.75) is 13.0 Å². The minimum absolute atomic E-state index is 0.0608. The van der Waals surface area contributed by atoms with Gasteiger partial charge in [0.05, 0.1) is 11.7 Å². The normalized spacial score (nSPS) is 11.9. The van der Waals surface area contributed by atoms with E-state index < -0.39 is 0 Å². The fourth-order valence-corrected chi connectivity index (χ4v) is 2.32. The number of aromatic nitrogens is 4. The molecule has 23 heavy (non-hydrogen) atoms. The van der Waals surface area contributed by atoms with Gasteiger partial charge in [0, 0.05) is 13.2 Å². The van der Waals surface area contributed by atoms with E-state index in [4.69, 9.17) is 0 Å². The van der Waals surface area contributed by atoms with Gasteiger partial charge in [-0.15, -0.1) is 0 Å². The molecule has 0 spiro atoms. The zero-order valence-corrected chi connectivity index (χ0v) is 13.0. The van der Waals surface area contributed by atoms with Gasteiger partial charge in [0.15, 0.2) is 0 Å². The summed E-state index contributed by atoms with van der Waals surface area (Å²) < 4.78 is 1.69. The van der Waals surface area contributed by atoms with Crippen molar-refractivity contribution in [3.63, 3.8) is 0 Å². The lowest BCUT2D eigenvalue weighted by Gasteiger charge is -2.25. The van der Waals surface area contributed by atoms with Gasteiger partial charge >= 0.3 is 0 Å². The van der Waals surface area contributed by atoms with Gasteiger partial charge in [-0.25, -0.2) is 9.67 Å². The third-order valence-electron chi connectivity index (χ3n) is 3.84. The minimum atomic E-state index is -0.0987. The number of carbonyl (C=O) groups is 1. The van der Waals surface area contributed by atoms with Crippen LogP contribution >= 0.6 is 0 Å². The molecule has 3 aromatic rings. The number of hydrogen-bond acceptors (Lipinski definition) is 4. The predicted molar refractivity (Wildman–Crippen MR) is 86.1 cm³/mol. The molecule has 0 radical (unpaired) electrons. The summed E-state index contributed by atoms with van der Waals surface area (Å²) in [5, 5.41) is 4.10. The molecule has 1 amide bonds. The fraction of sp³-hybridized carbons (Fsp3) is 0.176. The van der Waals surface area contributed by atoms with Gasteiger partial charge in [-0.1, -0.05) is 18.2 Å². The molecule has 0 bridgehead atoms. The van der Waals surface area contributed by atoms with E-state index in [1.165, 1.54) is 6.33 Å². The van der Waals surface area contributed by atoms with Gasteiger partial charge in [-0.3, -0.25) is 9.78 Å². The molecule has 1 unspecified atom stereocenters. The van der Waals surface area contributed by atoms with E-state index in [0.29, 0.717) is 5.69 Å². The topological polar surface area (TPSA) is 63.9 Å². The smallest absolute Gasteiger partial charge is 0.272 e. The average molecular weight is 307 g/mol. The van der Waals surface area contributed by atoms with Crippen LogP contribution in [-0.2, 0) is 0 Å². The second kappa shape index (κ2) is 6.39. The van der Waals surface area contributed by atoms with E-state index in [-0.39, 0.29) is 11.9 Å². The second-order valence-corrected chi connectivity index (χ2v) is 5.24. The third-order valence-corrected chi connectivity index (χ3v) is 3.84. The highest BCUT2D eigenvalue weighted by Gasteiger charge is 2.19. The first-order chi connectivity index (χ1) is 11.2. The molecule has 1 atom stereocenters. The van der Waals surface area contributed by atoms with Crippen LogP contribution in [0.3, 0.4) is 0 Å². The van der Waals surface area contributed by atoms with Gasteiger partial charge in [0.2, 0.25) is 0 Å². The first-order valence-electron chi connectivity index (χ1n) is 7.30. The third kappa shape index (κ3) is 3.11. The average Bonchev–Trinajstić information content (AvgIpc) is 3.15. The van der Waals surface area contributed by atoms with Crippen LogP contribution in [0.2, 0.25) is 0 Å². The van der Waals surface area contributed by atoms with E-state index in [1.54, 1.807) is 41.3 Å². The Hall–Kier alpha value is -3.02. The molecule has 116 valence electrons. The Morgan fingerprint density at radius 1 is 1.17 bits per heavy atom. The highest BCUT2D eigenvalue weighted by Crippen LogP contribution is 2.21. The first-order valence-corrected chi connectivity index (χ1v) is 7.30. The van der Waals surface area contributed by atoms with E-state index in [2.05, 4.69) is 15.1 Å². The van der Waals surface area contributed by atoms with Gasteiger partial charge in [0.25, 0.3) is 5.91 Å². The van der Waals surface area contributed by atoms with Crippen LogP contribution in [0.25, 0.3) is 5.69 Å². The summed E-state index contributed by atoms with van der Waals surface area (Å²) in [6.07, 6.45) is 4.77. The zero-order valence-electron chi connectivity index (χ0n) is 13.0. The van der Waals surface area contributed by atoms with Crippen LogP contribution in [0.15, 0.2) is 61.3 Å². The van der Waals surface area contributed by atoms with Crippen molar-refractivity contribution < 1.29 is 4.79 Å². The maximum atomic E-state index is 12.5. The highest BCUT2D eigenvalue weighted by molar-refractivity contribution is 5.92. The predicted octanol–water partition coefficient (Wildman–Crippen LogP) is 2.50.